The summed E-state index contributed by atoms with van der Waals surface area (Å²) in [5, 5.41) is 11.2. The van der Waals surface area contributed by atoms with E-state index in [0.29, 0.717) is 16.7 Å². The molecule has 0 saturated carbocycles. The minimum atomic E-state index is -0.708. The Labute approximate surface area is 157 Å². The van der Waals surface area contributed by atoms with Crippen LogP contribution >= 0.6 is 0 Å². The van der Waals surface area contributed by atoms with Crippen molar-refractivity contribution in [2.45, 2.75) is 32.8 Å². The quantitative estimate of drug-likeness (QED) is 0.449. The van der Waals surface area contributed by atoms with Crippen LogP contribution in [0.1, 0.15) is 52.6 Å². The van der Waals surface area contributed by atoms with Crippen molar-refractivity contribution in [2.24, 2.45) is 0 Å². The molecule has 0 saturated heterocycles. The predicted molar refractivity (Wildman–Crippen MR) is 98.9 cm³/mol. The molecule has 0 aliphatic carbocycles. The molecule has 2 aromatic rings. The van der Waals surface area contributed by atoms with Gasteiger partial charge < -0.3 is 9.47 Å². The third-order valence-electron chi connectivity index (χ3n) is 3.72. The lowest BCUT2D eigenvalue weighted by Gasteiger charge is -2.20. The smallest absolute Gasteiger partial charge is 0.338 e. The molecule has 0 heterocycles. The summed E-state index contributed by atoms with van der Waals surface area (Å²) < 4.78 is 10.2. The fourth-order valence-corrected chi connectivity index (χ4v) is 2.56. The summed E-state index contributed by atoms with van der Waals surface area (Å²) in [6.07, 6.45) is 0.140. The molecule has 0 spiro atoms. The van der Waals surface area contributed by atoms with E-state index >= 15 is 0 Å². The Kier molecular flexibility index (Phi) is 5.95. The molecule has 0 aliphatic heterocycles. The van der Waals surface area contributed by atoms with Gasteiger partial charge >= 0.3 is 11.9 Å². The summed E-state index contributed by atoms with van der Waals surface area (Å²) in [5.74, 6) is -1.10. The molecule has 0 bridgehead atoms. The van der Waals surface area contributed by atoms with Gasteiger partial charge in [0.05, 0.1) is 23.2 Å². The SMILES string of the molecule is COC(=O)c1ccccc1Cc1cc([N+](=O)[O-])ccc1C(=O)OC(C)(C)C. The minimum absolute atomic E-state index is 0.140. The molecule has 0 aromatic heterocycles. The summed E-state index contributed by atoms with van der Waals surface area (Å²) in [6.45, 7) is 5.22. The molecule has 0 atom stereocenters. The van der Waals surface area contributed by atoms with Crippen molar-refractivity contribution in [3.05, 3.63) is 74.8 Å². The molecule has 0 amide bonds. The van der Waals surface area contributed by atoms with Crippen molar-refractivity contribution in [1.29, 1.82) is 0 Å². The molecule has 0 fully saturated rings. The fraction of sp³-hybridized carbons (Fsp3) is 0.300. The van der Waals surface area contributed by atoms with Gasteiger partial charge in [0.1, 0.15) is 5.60 Å². The van der Waals surface area contributed by atoms with Crippen LogP contribution in [0.4, 0.5) is 5.69 Å². The minimum Gasteiger partial charge on any atom is -0.465 e. The second-order valence-electron chi connectivity index (χ2n) is 6.93. The second-order valence-corrected chi connectivity index (χ2v) is 6.93. The zero-order valence-electron chi connectivity index (χ0n) is 15.6. The Balaban J connectivity index is 2.51. The lowest BCUT2D eigenvalue weighted by molar-refractivity contribution is -0.384. The number of nitro benzene ring substituents is 1. The van der Waals surface area contributed by atoms with E-state index in [1.807, 2.05) is 0 Å². The van der Waals surface area contributed by atoms with Crippen LogP contribution in [0.2, 0.25) is 0 Å². The van der Waals surface area contributed by atoms with Crippen LogP contribution in [-0.4, -0.2) is 29.6 Å². The molecule has 27 heavy (non-hydrogen) atoms. The summed E-state index contributed by atoms with van der Waals surface area (Å²) in [4.78, 5) is 35.1. The lowest BCUT2D eigenvalue weighted by Crippen LogP contribution is -2.24. The summed E-state index contributed by atoms with van der Waals surface area (Å²) in [5.41, 5.74) is 0.689. The molecule has 0 N–H and O–H groups in total. The number of esters is 2. The Bertz CT molecular complexity index is 882. The predicted octanol–water partition coefficient (Wildman–Crippen LogP) is 3.93. The van der Waals surface area contributed by atoms with Crippen LogP contribution in [-0.2, 0) is 15.9 Å². The van der Waals surface area contributed by atoms with Crippen LogP contribution in [0.3, 0.4) is 0 Å². The van der Waals surface area contributed by atoms with Gasteiger partial charge in [-0.1, -0.05) is 18.2 Å². The van der Waals surface area contributed by atoms with E-state index in [2.05, 4.69) is 0 Å². The second kappa shape index (κ2) is 7.99. The number of nitrogens with zero attached hydrogens (tertiary/aromatic N) is 1. The van der Waals surface area contributed by atoms with E-state index in [1.165, 1.54) is 25.3 Å². The zero-order chi connectivity index (χ0) is 20.2. The van der Waals surface area contributed by atoms with Crippen LogP contribution in [0, 0.1) is 10.1 Å². The van der Waals surface area contributed by atoms with E-state index in [9.17, 15) is 19.7 Å². The van der Waals surface area contributed by atoms with E-state index in [1.54, 1.807) is 45.0 Å². The summed E-state index contributed by atoms with van der Waals surface area (Å²) in [6, 6.07) is 10.7. The number of ether oxygens (including phenoxy) is 2. The molecule has 0 radical (unpaired) electrons. The number of methoxy groups -OCH3 is 1. The molecular formula is C20H21NO6. The van der Waals surface area contributed by atoms with E-state index in [0.717, 1.165) is 0 Å². The maximum absolute atomic E-state index is 12.5. The standard InChI is InChI=1S/C20H21NO6/c1-20(2,3)27-19(23)17-10-9-15(21(24)25)12-14(17)11-13-7-5-6-8-16(13)18(22)26-4/h5-10,12H,11H2,1-4H3. The van der Waals surface area contributed by atoms with E-state index < -0.39 is 22.5 Å². The molecule has 2 rings (SSSR count). The van der Waals surface area contributed by atoms with Gasteiger partial charge in [-0.25, -0.2) is 9.59 Å². The molecule has 142 valence electrons. The highest BCUT2D eigenvalue weighted by Gasteiger charge is 2.23. The highest BCUT2D eigenvalue weighted by molar-refractivity contribution is 5.93. The van der Waals surface area contributed by atoms with Gasteiger partial charge in [-0.05, 0) is 50.5 Å². The molecule has 0 aliphatic rings. The first-order valence-corrected chi connectivity index (χ1v) is 8.29. The number of benzene rings is 2. The largest absolute Gasteiger partial charge is 0.465 e. The van der Waals surface area contributed by atoms with Gasteiger partial charge in [0, 0.05) is 12.1 Å². The number of rotatable bonds is 5. The Morgan fingerprint density at radius 2 is 1.63 bits per heavy atom. The number of carbonyl (C=O) groups is 2. The van der Waals surface area contributed by atoms with Crippen LogP contribution < -0.4 is 0 Å². The molecule has 7 heteroatoms. The fourth-order valence-electron chi connectivity index (χ4n) is 2.56. The van der Waals surface area contributed by atoms with Gasteiger partial charge in [-0.15, -0.1) is 0 Å². The number of carbonyl (C=O) groups excluding carboxylic acids is 2. The van der Waals surface area contributed by atoms with Gasteiger partial charge in [0.25, 0.3) is 5.69 Å². The van der Waals surface area contributed by atoms with Gasteiger partial charge in [-0.3, -0.25) is 10.1 Å². The van der Waals surface area contributed by atoms with Crippen molar-refractivity contribution in [3.63, 3.8) is 0 Å². The highest BCUT2D eigenvalue weighted by Crippen LogP contribution is 2.25. The monoisotopic (exact) mass is 371 g/mol. The average Bonchev–Trinajstić information content (AvgIpc) is 2.59. The van der Waals surface area contributed by atoms with Crippen LogP contribution in [0.25, 0.3) is 0 Å². The van der Waals surface area contributed by atoms with Gasteiger partial charge in [-0.2, -0.15) is 0 Å². The number of nitro groups is 1. The third-order valence-corrected chi connectivity index (χ3v) is 3.72. The van der Waals surface area contributed by atoms with Gasteiger partial charge in [0.2, 0.25) is 0 Å². The summed E-state index contributed by atoms with van der Waals surface area (Å²) in [7, 11) is 1.28. The average molecular weight is 371 g/mol. The van der Waals surface area contributed by atoms with Gasteiger partial charge in [0.15, 0.2) is 0 Å². The normalized spacial score (nSPS) is 11.0. The molecule has 2 aromatic carbocycles. The number of hydrogen-bond acceptors (Lipinski definition) is 6. The van der Waals surface area contributed by atoms with E-state index in [-0.39, 0.29) is 17.7 Å². The van der Waals surface area contributed by atoms with E-state index in [4.69, 9.17) is 9.47 Å². The molecular weight excluding hydrogens is 350 g/mol. The first-order chi connectivity index (χ1) is 12.6. The van der Waals surface area contributed by atoms with Crippen molar-refractivity contribution in [3.8, 4) is 0 Å². The van der Waals surface area contributed by atoms with Crippen LogP contribution in [0.15, 0.2) is 42.5 Å². The number of non-ortho nitro benzene ring substituents is 1. The first kappa shape index (κ1) is 20.1. The Morgan fingerprint density at radius 3 is 2.22 bits per heavy atom. The topological polar surface area (TPSA) is 95.7 Å². The highest BCUT2D eigenvalue weighted by atomic mass is 16.6. The summed E-state index contributed by atoms with van der Waals surface area (Å²) >= 11 is 0. The zero-order valence-corrected chi connectivity index (χ0v) is 15.6. The van der Waals surface area contributed by atoms with Crippen molar-refractivity contribution in [1.82, 2.24) is 0 Å². The Morgan fingerprint density at radius 1 is 1.00 bits per heavy atom. The maximum atomic E-state index is 12.5. The first-order valence-electron chi connectivity index (χ1n) is 8.29. The maximum Gasteiger partial charge on any atom is 0.338 e. The molecule has 7 nitrogen and oxygen atoms in total. The van der Waals surface area contributed by atoms with Crippen molar-refractivity contribution in [2.75, 3.05) is 7.11 Å². The van der Waals surface area contributed by atoms with Crippen molar-refractivity contribution >= 4 is 17.6 Å². The molecule has 0 unspecified atom stereocenters. The third kappa shape index (κ3) is 5.13. The van der Waals surface area contributed by atoms with Crippen molar-refractivity contribution < 1.29 is 24.0 Å². The van der Waals surface area contributed by atoms with Crippen LogP contribution in [0.5, 0.6) is 0 Å². The Hall–Kier alpha value is -3.22. The number of hydrogen-bond donors (Lipinski definition) is 0. The lowest BCUT2D eigenvalue weighted by atomic mass is 9.95.